The maximum Gasteiger partial charge on any atom is 0.289 e. The van der Waals surface area contributed by atoms with Crippen LogP contribution in [0.4, 0.5) is 0 Å². The highest BCUT2D eigenvalue weighted by Crippen LogP contribution is 2.34. The quantitative estimate of drug-likeness (QED) is 0.833. The molecule has 9 nitrogen and oxygen atoms in total. The van der Waals surface area contributed by atoms with Crippen molar-refractivity contribution in [3.63, 3.8) is 0 Å². The van der Waals surface area contributed by atoms with Crippen LogP contribution in [0.15, 0.2) is 12.4 Å². The summed E-state index contributed by atoms with van der Waals surface area (Å²) in [6.07, 6.45) is 5.06. The van der Waals surface area contributed by atoms with E-state index >= 15 is 0 Å². The van der Waals surface area contributed by atoms with Crippen LogP contribution in [0.3, 0.4) is 0 Å². The summed E-state index contributed by atoms with van der Waals surface area (Å²) in [6.45, 7) is 10.2. The first-order valence-electron chi connectivity index (χ1n) is 9.81. The zero-order valence-corrected chi connectivity index (χ0v) is 17.4. The molecule has 0 aromatic carbocycles. The molecule has 2 aliphatic rings. The molecule has 2 aromatic heterocycles. The number of hydrogen-bond donors (Lipinski definition) is 1. The van der Waals surface area contributed by atoms with E-state index in [1.165, 1.54) is 5.56 Å². The van der Waals surface area contributed by atoms with Gasteiger partial charge in [0, 0.05) is 50.5 Å². The molecule has 0 radical (unpaired) electrons. The second-order valence-corrected chi connectivity index (χ2v) is 9.29. The summed E-state index contributed by atoms with van der Waals surface area (Å²) in [6, 6.07) is 0. The van der Waals surface area contributed by atoms with E-state index in [2.05, 4.69) is 43.7 Å². The lowest BCUT2D eigenvalue weighted by molar-refractivity contribution is 0.0645. The summed E-state index contributed by atoms with van der Waals surface area (Å²) in [5.41, 5.74) is 0.919. The van der Waals surface area contributed by atoms with Gasteiger partial charge in [0.2, 0.25) is 5.82 Å². The van der Waals surface area contributed by atoms with Crippen LogP contribution in [0.2, 0.25) is 0 Å². The summed E-state index contributed by atoms with van der Waals surface area (Å²) < 4.78 is 3.87. The van der Waals surface area contributed by atoms with Gasteiger partial charge in [-0.05, 0) is 34.2 Å². The third-order valence-corrected chi connectivity index (χ3v) is 5.74. The molecule has 4 heterocycles. The maximum absolute atomic E-state index is 12.7. The highest BCUT2D eigenvalue weighted by Gasteiger charge is 2.46. The Morgan fingerprint density at radius 2 is 2.04 bits per heavy atom. The number of rotatable bonds is 3. The van der Waals surface area contributed by atoms with Crippen LogP contribution in [-0.4, -0.2) is 71.5 Å². The highest BCUT2D eigenvalue weighted by atomic mass is 16.2. The highest BCUT2D eigenvalue weighted by molar-refractivity contribution is 5.91. The molecule has 0 saturated carbocycles. The number of amides is 1. The number of nitrogens with zero attached hydrogens (tertiary/aromatic N) is 7. The monoisotopic (exact) mass is 386 g/mol. The van der Waals surface area contributed by atoms with Gasteiger partial charge in [0.25, 0.3) is 5.91 Å². The van der Waals surface area contributed by atoms with Crippen LogP contribution in [0.25, 0.3) is 0 Å². The molecule has 1 fully saturated rings. The lowest BCUT2D eigenvalue weighted by Gasteiger charge is -2.43. The summed E-state index contributed by atoms with van der Waals surface area (Å²) in [4.78, 5) is 17.6. The fourth-order valence-electron chi connectivity index (χ4n) is 4.31. The van der Waals surface area contributed by atoms with Gasteiger partial charge in [-0.3, -0.25) is 19.3 Å². The van der Waals surface area contributed by atoms with E-state index in [4.69, 9.17) is 0 Å². The number of carbonyl (C=O) groups excluding carboxylic acids is 1. The Kier molecular flexibility index (Phi) is 4.54. The Balaban J connectivity index is 1.52. The van der Waals surface area contributed by atoms with Crippen LogP contribution >= 0.6 is 0 Å². The van der Waals surface area contributed by atoms with Crippen molar-refractivity contribution in [3.05, 3.63) is 29.6 Å². The third-order valence-electron chi connectivity index (χ3n) is 5.74. The molecule has 28 heavy (non-hydrogen) atoms. The smallest absolute Gasteiger partial charge is 0.289 e. The normalized spacial score (nSPS) is 23.3. The Morgan fingerprint density at radius 3 is 2.71 bits per heavy atom. The maximum atomic E-state index is 12.7. The minimum absolute atomic E-state index is 0.00560. The van der Waals surface area contributed by atoms with Gasteiger partial charge in [-0.25, -0.2) is 0 Å². The lowest BCUT2D eigenvalue weighted by atomic mass is 9.94. The van der Waals surface area contributed by atoms with E-state index in [1.54, 1.807) is 0 Å². The van der Waals surface area contributed by atoms with Gasteiger partial charge in [0.15, 0.2) is 0 Å². The number of likely N-dealkylation sites (N-methyl/N-ethyl adjacent to an activating group) is 1. The molecule has 2 aliphatic heterocycles. The Hall–Kier alpha value is -2.26. The van der Waals surface area contributed by atoms with Crippen molar-refractivity contribution in [1.29, 1.82) is 0 Å². The molecular formula is C19H30N8O. The van der Waals surface area contributed by atoms with Crippen LogP contribution < -0.4 is 5.32 Å². The van der Waals surface area contributed by atoms with Gasteiger partial charge in [0.05, 0.1) is 18.3 Å². The van der Waals surface area contributed by atoms with Crippen LogP contribution in [0.1, 0.15) is 49.2 Å². The molecule has 9 heteroatoms. The van der Waals surface area contributed by atoms with Gasteiger partial charge in [0.1, 0.15) is 5.82 Å². The zero-order valence-electron chi connectivity index (χ0n) is 17.4. The van der Waals surface area contributed by atoms with Gasteiger partial charge in [-0.15, -0.1) is 10.2 Å². The molecule has 1 N–H and O–H groups in total. The Labute approximate surface area is 165 Å². The molecule has 4 rings (SSSR count). The Morgan fingerprint density at radius 1 is 1.25 bits per heavy atom. The summed E-state index contributed by atoms with van der Waals surface area (Å²) in [5.74, 6) is 1.12. The van der Waals surface area contributed by atoms with Crippen molar-refractivity contribution in [1.82, 2.24) is 39.7 Å². The van der Waals surface area contributed by atoms with Gasteiger partial charge in [-0.1, -0.05) is 0 Å². The first kappa shape index (κ1) is 19.1. The molecule has 1 amide bonds. The third kappa shape index (κ3) is 3.56. The van der Waals surface area contributed by atoms with Gasteiger partial charge < -0.3 is 9.88 Å². The van der Waals surface area contributed by atoms with Crippen molar-refractivity contribution < 1.29 is 4.79 Å². The minimum Gasteiger partial charge on any atom is -0.345 e. The molecular weight excluding hydrogens is 356 g/mol. The number of aromatic nitrogens is 5. The average Bonchev–Trinajstić information content (AvgIpc) is 3.28. The van der Waals surface area contributed by atoms with Crippen LogP contribution in [0, 0.1) is 0 Å². The molecule has 1 atom stereocenters. The first-order chi connectivity index (χ1) is 13.2. The number of hydrogen-bond acceptors (Lipinski definition) is 6. The second kappa shape index (κ2) is 6.66. The molecule has 1 spiro atoms. The van der Waals surface area contributed by atoms with E-state index < -0.39 is 0 Å². The minimum atomic E-state index is -0.305. The Bertz CT molecular complexity index is 879. The van der Waals surface area contributed by atoms with Crippen LogP contribution in [0.5, 0.6) is 0 Å². The zero-order chi connectivity index (χ0) is 20.1. The fourth-order valence-corrected chi connectivity index (χ4v) is 4.31. The number of fused-ring (bicyclic) bond motifs is 1. The van der Waals surface area contributed by atoms with E-state index in [0.717, 1.165) is 38.4 Å². The lowest BCUT2D eigenvalue weighted by Crippen LogP contribution is -2.55. The molecule has 0 unspecified atom stereocenters. The predicted molar refractivity (Wildman–Crippen MR) is 105 cm³/mol. The SMILES string of the molecule is CN1Cc2nnc(C(=O)NC(C)(C)C)n2C[C@@]12CCN(Cc1cnn(C)c1)C2. The van der Waals surface area contributed by atoms with Crippen molar-refractivity contribution in [2.45, 2.75) is 57.9 Å². The van der Waals surface area contributed by atoms with E-state index in [0.29, 0.717) is 12.4 Å². The van der Waals surface area contributed by atoms with Gasteiger partial charge in [-0.2, -0.15) is 5.10 Å². The summed E-state index contributed by atoms with van der Waals surface area (Å²) in [7, 11) is 4.10. The number of nitrogens with one attached hydrogen (secondary N) is 1. The number of carbonyl (C=O) groups is 1. The van der Waals surface area contributed by atoms with E-state index in [1.807, 2.05) is 43.3 Å². The fraction of sp³-hybridized carbons (Fsp3) is 0.684. The first-order valence-corrected chi connectivity index (χ1v) is 9.81. The van der Waals surface area contributed by atoms with Crippen molar-refractivity contribution >= 4 is 5.91 Å². The van der Waals surface area contributed by atoms with Crippen LogP contribution in [-0.2, 0) is 26.7 Å². The molecule has 152 valence electrons. The van der Waals surface area contributed by atoms with Crippen molar-refractivity contribution in [3.8, 4) is 0 Å². The summed E-state index contributed by atoms with van der Waals surface area (Å²) in [5, 5.41) is 15.8. The van der Waals surface area contributed by atoms with E-state index in [-0.39, 0.29) is 17.0 Å². The average molecular weight is 387 g/mol. The predicted octanol–water partition coefficient (Wildman–Crippen LogP) is 0.630. The van der Waals surface area contributed by atoms with E-state index in [9.17, 15) is 4.79 Å². The molecule has 1 saturated heterocycles. The summed E-state index contributed by atoms with van der Waals surface area (Å²) >= 11 is 0. The molecule has 2 aromatic rings. The van der Waals surface area contributed by atoms with Crippen molar-refractivity contribution in [2.75, 3.05) is 20.1 Å². The molecule has 0 aliphatic carbocycles. The number of aryl methyl sites for hydroxylation is 1. The number of likely N-dealkylation sites (tertiary alicyclic amines) is 1. The van der Waals surface area contributed by atoms with Gasteiger partial charge >= 0.3 is 0 Å². The molecule has 0 bridgehead atoms. The topological polar surface area (TPSA) is 84.1 Å². The largest absolute Gasteiger partial charge is 0.345 e. The second-order valence-electron chi connectivity index (χ2n) is 9.29. The van der Waals surface area contributed by atoms with Crippen molar-refractivity contribution in [2.24, 2.45) is 7.05 Å². The standard InChI is InChI=1S/C19H30N8O/c1-18(2,3)21-17(28)16-23-22-15-11-24(4)19(13-27(15)16)6-7-26(12-19)10-14-8-20-25(5)9-14/h8-9H,6-7,10-13H2,1-5H3,(H,21,28)/t19-/m0/s1.